The number of aryl methyl sites for hydroxylation is 1. The molecule has 1 fully saturated rings. The number of amides is 2. The van der Waals surface area contributed by atoms with Crippen molar-refractivity contribution in [2.24, 2.45) is 0 Å². The molecule has 2 amide bonds. The van der Waals surface area contributed by atoms with E-state index < -0.39 is 0 Å². The summed E-state index contributed by atoms with van der Waals surface area (Å²) in [7, 11) is 0. The van der Waals surface area contributed by atoms with Crippen LogP contribution in [0, 0.1) is 13.8 Å². The van der Waals surface area contributed by atoms with E-state index in [0.717, 1.165) is 43.0 Å². The van der Waals surface area contributed by atoms with Gasteiger partial charge in [-0.05, 0) is 43.5 Å². The maximum absolute atomic E-state index is 12.5. The van der Waals surface area contributed by atoms with Gasteiger partial charge in [0.05, 0.1) is 0 Å². The van der Waals surface area contributed by atoms with Crippen molar-refractivity contribution < 1.29 is 19.4 Å². The van der Waals surface area contributed by atoms with Gasteiger partial charge in [0, 0.05) is 12.2 Å². The lowest BCUT2D eigenvalue weighted by atomic mass is 10.1. The number of benzene rings is 2. The van der Waals surface area contributed by atoms with Crippen LogP contribution in [0.15, 0.2) is 48.5 Å². The van der Waals surface area contributed by atoms with Crippen LogP contribution in [-0.2, 0) is 16.1 Å². The van der Waals surface area contributed by atoms with E-state index in [1.54, 1.807) is 0 Å². The Morgan fingerprint density at radius 3 is 2.37 bits per heavy atom. The number of quaternary nitrogens is 2. The topological polar surface area (TPSA) is 67.1 Å². The third-order valence-corrected chi connectivity index (χ3v) is 6.20. The molecular formula is C24H34N4O2+2. The van der Waals surface area contributed by atoms with Crippen molar-refractivity contribution in [3.63, 3.8) is 0 Å². The van der Waals surface area contributed by atoms with Crippen LogP contribution in [0.2, 0.25) is 0 Å². The summed E-state index contributed by atoms with van der Waals surface area (Å²) in [5.74, 6) is 0.140. The van der Waals surface area contributed by atoms with Crippen molar-refractivity contribution in [2.45, 2.75) is 33.4 Å². The molecule has 2 aromatic rings. The quantitative estimate of drug-likeness (QED) is 0.508. The SMILES string of the molecule is Cc1cccc(NC(=O)C[NH+]2CC[NH+]([C@H](C)C(=O)NCc3ccccc3)CC2)c1C. The van der Waals surface area contributed by atoms with Gasteiger partial charge >= 0.3 is 0 Å². The van der Waals surface area contributed by atoms with E-state index >= 15 is 0 Å². The molecule has 1 saturated heterocycles. The molecule has 1 heterocycles. The maximum atomic E-state index is 12.5. The minimum absolute atomic E-state index is 0.0517. The molecule has 0 bridgehead atoms. The van der Waals surface area contributed by atoms with Gasteiger partial charge in [0.2, 0.25) is 0 Å². The summed E-state index contributed by atoms with van der Waals surface area (Å²) < 4.78 is 0. The number of rotatable bonds is 7. The largest absolute Gasteiger partial charge is 0.347 e. The van der Waals surface area contributed by atoms with Crippen LogP contribution in [0.4, 0.5) is 5.69 Å². The number of hydrogen-bond acceptors (Lipinski definition) is 2. The van der Waals surface area contributed by atoms with Crippen LogP contribution in [0.3, 0.4) is 0 Å². The molecule has 3 rings (SSSR count). The van der Waals surface area contributed by atoms with Crippen molar-refractivity contribution in [3.8, 4) is 0 Å². The molecule has 160 valence electrons. The zero-order valence-corrected chi connectivity index (χ0v) is 18.3. The van der Waals surface area contributed by atoms with Crippen LogP contribution in [0.5, 0.6) is 0 Å². The van der Waals surface area contributed by atoms with Crippen LogP contribution < -0.4 is 20.4 Å². The van der Waals surface area contributed by atoms with Gasteiger partial charge in [-0.2, -0.15) is 0 Å². The monoisotopic (exact) mass is 410 g/mol. The molecule has 6 heteroatoms. The summed E-state index contributed by atoms with van der Waals surface area (Å²) in [6, 6.07) is 15.9. The first-order valence-electron chi connectivity index (χ1n) is 10.8. The van der Waals surface area contributed by atoms with Crippen molar-refractivity contribution in [1.29, 1.82) is 0 Å². The van der Waals surface area contributed by atoms with E-state index in [0.29, 0.717) is 13.1 Å². The molecular weight excluding hydrogens is 376 g/mol. The van der Waals surface area contributed by atoms with E-state index in [1.807, 2.05) is 56.3 Å². The summed E-state index contributed by atoms with van der Waals surface area (Å²) >= 11 is 0. The fraction of sp³-hybridized carbons (Fsp3) is 0.417. The van der Waals surface area contributed by atoms with Crippen molar-refractivity contribution >= 4 is 17.5 Å². The smallest absolute Gasteiger partial charge is 0.279 e. The molecule has 1 aliphatic rings. The highest BCUT2D eigenvalue weighted by Gasteiger charge is 2.31. The molecule has 30 heavy (non-hydrogen) atoms. The predicted octanol–water partition coefficient (Wildman–Crippen LogP) is -0.270. The summed E-state index contributed by atoms with van der Waals surface area (Å²) in [5.41, 5.74) is 4.30. The second kappa shape index (κ2) is 10.4. The Labute approximate surface area is 179 Å². The van der Waals surface area contributed by atoms with Crippen LogP contribution in [0.1, 0.15) is 23.6 Å². The summed E-state index contributed by atoms with van der Waals surface area (Å²) in [6.45, 7) is 10.7. The van der Waals surface area contributed by atoms with E-state index in [-0.39, 0.29) is 17.9 Å². The lowest BCUT2D eigenvalue weighted by molar-refractivity contribution is -1.01. The molecule has 0 aliphatic carbocycles. The summed E-state index contributed by atoms with van der Waals surface area (Å²) in [5, 5.41) is 6.10. The summed E-state index contributed by atoms with van der Waals surface area (Å²) in [4.78, 5) is 27.6. The number of anilines is 1. The highest BCUT2D eigenvalue weighted by molar-refractivity contribution is 5.92. The van der Waals surface area contributed by atoms with Crippen LogP contribution in [-0.4, -0.2) is 50.6 Å². The Kier molecular flexibility index (Phi) is 7.60. The number of carbonyl (C=O) groups excluding carboxylic acids is 2. The number of hydrogen-bond donors (Lipinski definition) is 4. The molecule has 1 atom stereocenters. The molecule has 1 aliphatic heterocycles. The zero-order chi connectivity index (χ0) is 21.5. The van der Waals surface area contributed by atoms with Gasteiger partial charge in [0.25, 0.3) is 11.8 Å². The molecule has 2 aromatic carbocycles. The maximum Gasteiger partial charge on any atom is 0.279 e. The number of carbonyl (C=O) groups is 2. The fourth-order valence-electron chi connectivity index (χ4n) is 3.97. The molecule has 0 spiro atoms. The Bertz CT molecular complexity index is 861. The Morgan fingerprint density at radius 2 is 1.67 bits per heavy atom. The van der Waals surface area contributed by atoms with Crippen molar-refractivity contribution in [1.82, 2.24) is 5.32 Å². The van der Waals surface area contributed by atoms with E-state index in [9.17, 15) is 9.59 Å². The first-order chi connectivity index (χ1) is 14.4. The van der Waals surface area contributed by atoms with Gasteiger partial charge in [-0.1, -0.05) is 42.5 Å². The molecule has 0 radical (unpaired) electrons. The van der Waals surface area contributed by atoms with Gasteiger partial charge in [0.1, 0.15) is 26.2 Å². The Hall–Kier alpha value is -2.70. The minimum atomic E-state index is -0.0842. The zero-order valence-electron chi connectivity index (χ0n) is 18.3. The lowest BCUT2D eigenvalue weighted by Gasteiger charge is -2.32. The molecule has 6 nitrogen and oxygen atoms in total. The van der Waals surface area contributed by atoms with Gasteiger partial charge < -0.3 is 20.4 Å². The third-order valence-electron chi connectivity index (χ3n) is 6.20. The number of nitrogens with one attached hydrogen (secondary N) is 4. The van der Waals surface area contributed by atoms with Crippen molar-refractivity contribution in [2.75, 3.05) is 38.0 Å². The van der Waals surface area contributed by atoms with Crippen LogP contribution in [0.25, 0.3) is 0 Å². The summed E-state index contributed by atoms with van der Waals surface area (Å²) in [6.07, 6.45) is 0. The lowest BCUT2D eigenvalue weighted by Crippen LogP contribution is -3.30. The predicted molar refractivity (Wildman–Crippen MR) is 119 cm³/mol. The molecule has 0 unspecified atom stereocenters. The van der Waals surface area contributed by atoms with Crippen molar-refractivity contribution in [3.05, 3.63) is 65.2 Å². The van der Waals surface area contributed by atoms with Gasteiger partial charge in [0.15, 0.2) is 12.6 Å². The fourth-order valence-corrected chi connectivity index (χ4v) is 3.97. The van der Waals surface area contributed by atoms with Gasteiger partial charge in [-0.25, -0.2) is 0 Å². The molecule has 4 N–H and O–H groups in total. The Morgan fingerprint density at radius 1 is 0.967 bits per heavy atom. The highest BCUT2D eigenvalue weighted by atomic mass is 16.2. The standard InChI is InChI=1S/C24H32N4O2/c1-18-8-7-11-22(19(18)2)26-23(29)17-27-12-14-28(15-13-27)20(3)24(30)25-16-21-9-5-4-6-10-21/h4-11,20H,12-17H2,1-3H3,(H,25,30)(H,26,29)/p+2/t20-/m1/s1. The minimum Gasteiger partial charge on any atom is -0.347 e. The highest BCUT2D eigenvalue weighted by Crippen LogP contribution is 2.17. The van der Waals surface area contributed by atoms with E-state index in [1.165, 1.54) is 15.4 Å². The van der Waals surface area contributed by atoms with Gasteiger partial charge in [-0.15, -0.1) is 0 Å². The van der Waals surface area contributed by atoms with Gasteiger partial charge in [-0.3, -0.25) is 9.59 Å². The van der Waals surface area contributed by atoms with E-state index in [4.69, 9.17) is 0 Å². The third kappa shape index (κ3) is 5.90. The van der Waals surface area contributed by atoms with E-state index in [2.05, 4.69) is 23.6 Å². The normalized spacial score (nSPS) is 19.7. The first-order valence-corrected chi connectivity index (χ1v) is 10.8. The molecule has 0 aromatic heterocycles. The molecule has 0 saturated carbocycles. The second-order valence-corrected chi connectivity index (χ2v) is 8.31. The average Bonchev–Trinajstić information content (AvgIpc) is 2.76. The average molecular weight is 411 g/mol. The Balaban J connectivity index is 1.42. The first kappa shape index (κ1) is 22.0. The van der Waals surface area contributed by atoms with Crippen LogP contribution >= 0.6 is 0 Å². The number of piperazine rings is 1. The second-order valence-electron chi connectivity index (χ2n) is 8.31.